The van der Waals surface area contributed by atoms with E-state index in [9.17, 15) is 0 Å². The number of benzene rings is 1. The normalized spacial score (nSPS) is 22.3. The highest BCUT2D eigenvalue weighted by Gasteiger charge is 2.27. The fourth-order valence-electron chi connectivity index (χ4n) is 2.80. The lowest BCUT2D eigenvalue weighted by Crippen LogP contribution is -2.49. The lowest BCUT2D eigenvalue weighted by atomic mass is 10.0. The highest BCUT2D eigenvalue weighted by molar-refractivity contribution is 7.99. The van der Waals surface area contributed by atoms with Gasteiger partial charge in [0.25, 0.3) is 0 Å². The zero-order chi connectivity index (χ0) is 13.5. The number of nitrogens with one attached hydrogen (secondary N) is 1. The molecule has 19 heavy (non-hydrogen) atoms. The molecular weight excluding hydrogens is 252 g/mol. The van der Waals surface area contributed by atoms with Crippen LogP contribution in [-0.2, 0) is 0 Å². The maximum Gasteiger partial charge on any atom is 0.0476 e. The van der Waals surface area contributed by atoms with Gasteiger partial charge in [0.05, 0.1) is 0 Å². The molecule has 3 heteroatoms. The molecule has 1 aromatic carbocycles. The van der Waals surface area contributed by atoms with Gasteiger partial charge in [-0.25, -0.2) is 0 Å². The van der Waals surface area contributed by atoms with Crippen molar-refractivity contribution in [3.63, 3.8) is 0 Å². The lowest BCUT2D eigenvalue weighted by Gasteiger charge is -2.40. The third kappa shape index (κ3) is 4.23. The van der Waals surface area contributed by atoms with Gasteiger partial charge in [-0.1, -0.05) is 37.3 Å². The molecule has 0 radical (unpaired) electrons. The minimum atomic E-state index is 0.538. The van der Waals surface area contributed by atoms with E-state index >= 15 is 0 Å². The van der Waals surface area contributed by atoms with Crippen LogP contribution in [0.2, 0.25) is 0 Å². The molecule has 0 saturated carbocycles. The van der Waals surface area contributed by atoms with Crippen molar-refractivity contribution in [2.75, 3.05) is 31.1 Å². The van der Waals surface area contributed by atoms with Crippen molar-refractivity contribution in [1.82, 2.24) is 10.2 Å². The van der Waals surface area contributed by atoms with E-state index in [1.807, 2.05) is 0 Å². The van der Waals surface area contributed by atoms with E-state index < -0.39 is 0 Å². The van der Waals surface area contributed by atoms with Gasteiger partial charge in [0.15, 0.2) is 0 Å². The van der Waals surface area contributed by atoms with E-state index in [2.05, 4.69) is 66.2 Å². The van der Waals surface area contributed by atoms with Gasteiger partial charge in [0, 0.05) is 31.7 Å². The molecule has 1 heterocycles. The summed E-state index contributed by atoms with van der Waals surface area (Å²) in [7, 11) is 0. The summed E-state index contributed by atoms with van der Waals surface area (Å²) >= 11 is 2.06. The predicted molar refractivity (Wildman–Crippen MR) is 85.8 cm³/mol. The van der Waals surface area contributed by atoms with Crippen molar-refractivity contribution in [3.05, 3.63) is 35.9 Å². The fourth-order valence-corrected chi connectivity index (χ4v) is 3.59. The van der Waals surface area contributed by atoms with Gasteiger partial charge in [0.1, 0.15) is 0 Å². The van der Waals surface area contributed by atoms with Crippen molar-refractivity contribution in [2.24, 2.45) is 0 Å². The van der Waals surface area contributed by atoms with Crippen LogP contribution in [0.4, 0.5) is 0 Å². The highest BCUT2D eigenvalue weighted by Crippen LogP contribution is 2.25. The summed E-state index contributed by atoms with van der Waals surface area (Å²) in [5.74, 6) is 2.51. The Kier molecular flexibility index (Phi) is 6.21. The van der Waals surface area contributed by atoms with Crippen LogP contribution in [0, 0.1) is 0 Å². The van der Waals surface area contributed by atoms with Crippen LogP contribution in [-0.4, -0.2) is 42.1 Å². The second-order valence-corrected chi connectivity index (χ2v) is 6.60. The van der Waals surface area contributed by atoms with Crippen LogP contribution in [0.15, 0.2) is 30.3 Å². The Morgan fingerprint density at radius 2 is 2.16 bits per heavy atom. The van der Waals surface area contributed by atoms with Crippen molar-refractivity contribution in [3.8, 4) is 0 Å². The van der Waals surface area contributed by atoms with E-state index in [1.54, 1.807) is 0 Å². The van der Waals surface area contributed by atoms with Crippen LogP contribution < -0.4 is 5.32 Å². The third-order valence-corrected chi connectivity index (χ3v) is 4.85. The smallest absolute Gasteiger partial charge is 0.0476 e. The number of rotatable bonds is 6. The molecule has 0 aromatic heterocycles. The van der Waals surface area contributed by atoms with Crippen LogP contribution in [0.1, 0.15) is 31.9 Å². The van der Waals surface area contributed by atoms with Gasteiger partial charge < -0.3 is 5.32 Å². The molecule has 106 valence electrons. The Balaban J connectivity index is 1.99. The van der Waals surface area contributed by atoms with Gasteiger partial charge in [-0.05, 0) is 30.4 Å². The van der Waals surface area contributed by atoms with Crippen molar-refractivity contribution in [2.45, 2.75) is 32.4 Å². The van der Waals surface area contributed by atoms with Gasteiger partial charge >= 0.3 is 0 Å². The molecule has 0 aliphatic carbocycles. The largest absolute Gasteiger partial charge is 0.314 e. The summed E-state index contributed by atoms with van der Waals surface area (Å²) in [6, 6.07) is 12.1. The number of nitrogens with zero attached hydrogens (tertiary/aromatic N) is 1. The monoisotopic (exact) mass is 278 g/mol. The molecule has 1 aliphatic rings. The van der Waals surface area contributed by atoms with Crippen molar-refractivity contribution >= 4 is 11.8 Å². The van der Waals surface area contributed by atoms with Crippen LogP contribution in [0.5, 0.6) is 0 Å². The first kappa shape index (κ1) is 14.9. The van der Waals surface area contributed by atoms with E-state index in [0.717, 1.165) is 19.6 Å². The Morgan fingerprint density at radius 3 is 2.89 bits per heavy atom. The Bertz CT molecular complexity index is 355. The first-order valence-corrected chi connectivity index (χ1v) is 8.57. The number of hydrogen-bond donors (Lipinski definition) is 1. The molecule has 2 unspecified atom stereocenters. The molecule has 2 atom stereocenters. The van der Waals surface area contributed by atoms with Crippen LogP contribution >= 0.6 is 11.8 Å². The minimum Gasteiger partial charge on any atom is -0.314 e. The summed E-state index contributed by atoms with van der Waals surface area (Å²) in [4.78, 5) is 2.68. The van der Waals surface area contributed by atoms with Crippen LogP contribution in [0.25, 0.3) is 0 Å². The second-order valence-electron chi connectivity index (χ2n) is 5.20. The maximum absolute atomic E-state index is 3.54. The topological polar surface area (TPSA) is 15.3 Å². The predicted octanol–water partition coefficient (Wildman–Crippen LogP) is 3.16. The standard InChI is InChI=1S/C16H26N2S/c1-3-19-12-9-14(2)18-11-10-17-13-16(18)15-7-5-4-6-8-15/h4-8,14,16-17H,3,9-13H2,1-2H3. The maximum atomic E-state index is 3.54. The summed E-state index contributed by atoms with van der Waals surface area (Å²) in [6.45, 7) is 7.99. The Labute approximate surface area is 122 Å². The Morgan fingerprint density at radius 1 is 1.37 bits per heavy atom. The van der Waals surface area contributed by atoms with Crippen LogP contribution in [0.3, 0.4) is 0 Å². The van der Waals surface area contributed by atoms with E-state index in [0.29, 0.717) is 12.1 Å². The molecule has 0 bridgehead atoms. The summed E-state index contributed by atoms with van der Waals surface area (Å²) in [6.07, 6.45) is 1.29. The molecule has 1 saturated heterocycles. The first-order valence-electron chi connectivity index (χ1n) is 7.42. The summed E-state index contributed by atoms with van der Waals surface area (Å²) < 4.78 is 0. The molecule has 2 rings (SSSR count). The third-order valence-electron chi connectivity index (χ3n) is 3.92. The molecule has 1 fully saturated rings. The number of thioether (sulfide) groups is 1. The average Bonchev–Trinajstić information content (AvgIpc) is 2.48. The van der Waals surface area contributed by atoms with E-state index in [-0.39, 0.29) is 0 Å². The van der Waals surface area contributed by atoms with Gasteiger partial charge in [0.2, 0.25) is 0 Å². The zero-order valence-corrected chi connectivity index (χ0v) is 13.0. The lowest BCUT2D eigenvalue weighted by molar-refractivity contribution is 0.113. The quantitative estimate of drug-likeness (QED) is 0.805. The van der Waals surface area contributed by atoms with Gasteiger partial charge in [-0.15, -0.1) is 0 Å². The van der Waals surface area contributed by atoms with Gasteiger partial charge in [-0.2, -0.15) is 11.8 Å². The molecular formula is C16H26N2S. The average molecular weight is 278 g/mol. The van der Waals surface area contributed by atoms with Crippen molar-refractivity contribution in [1.29, 1.82) is 0 Å². The SMILES string of the molecule is CCSCCC(C)N1CCNCC1c1ccccc1. The Hall–Kier alpha value is -0.510. The van der Waals surface area contributed by atoms with E-state index in [1.165, 1.54) is 23.5 Å². The molecule has 2 nitrogen and oxygen atoms in total. The van der Waals surface area contributed by atoms with Gasteiger partial charge in [-0.3, -0.25) is 4.90 Å². The first-order chi connectivity index (χ1) is 9.33. The van der Waals surface area contributed by atoms with E-state index in [4.69, 9.17) is 0 Å². The number of piperazine rings is 1. The molecule has 1 N–H and O–H groups in total. The molecule has 1 aromatic rings. The molecule has 0 amide bonds. The summed E-state index contributed by atoms with van der Waals surface area (Å²) in [5, 5.41) is 3.54. The van der Waals surface area contributed by atoms with Crippen molar-refractivity contribution < 1.29 is 0 Å². The summed E-state index contributed by atoms with van der Waals surface area (Å²) in [5.41, 5.74) is 1.45. The number of hydrogen-bond acceptors (Lipinski definition) is 3. The fraction of sp³-hybridized carbons (Fsp3) is 0.625. The molecule has 1 aliphatic heterocycles. The zero-order valence-electron chi connectivity index (χ0n) is 12.1. The highest BCUT2D eigenvalue weighted by atomic mass is 32.2. The second kappa shape index (κ2) is 7.93. The molecule has 0 spiro atoms. The minimum absolute atomic E-state index is 0.538.